The van der Waals surface area contributed by atoms with Crippen molar-refractivity contribution in [2.24, 2.45) is 0 Å². The zero-order valence-electron chi connectivity index (χ0n) is 12.3. The lowest BCUT2D eigenvalue weighted by molar-refractivity contribution is 0.0310. The van der Waals surface area contributed by atoms with Gasteiger partial charge in [-0.3, -0.25) is 4.90 Å². The standard InChI is InChI=1S/C18H22N2O/c19-12-18(7-8-18)14-3-1-13(2-4-14)11-20-15-5-6-16(20)10-17(21)9-15/h1-4,15-17,21H,5-11H2. The molecule has 110 valence electrons. The van der Waals surface area contributed by atoms with Crippen LogP contribution < -0.4 is 0 Å². The molecule has 0 radical (unpaired) electrons. The van der Waals surface area contributed by atoms with E-state index in [1.54, 1.807) is 0 Å². The van der Waals surface area contributed by atoms with E-state index in [-0.39, 0.29) is 11.5 Å². The van der Waals surface area contributed by atoms with Crippen LogP contribution in [0, 0.1) is 11.3 Å². The van der Waals surface area contributed by atoms with Gasteiger partial charge in [0.15, 0.2) is 0 Å². The predicted octanol–water partition coefficient (Wildman–Crippen LogP) is 2.73. The van der Waals surface area contributed by atoms with Gasteiger partial charge in [-0.15, -0.1) is 0 Å². The van der Waals surface area contributed by atoms with Crippen molar-refractivity contribution in [3.63, 3.8) is 0 Å². The Morgan fingerprint density at radius 3 is 2.29 bits per heavy atom. The van der Waals surface area contributed by atoms with E-state index in [2.05, 4.69) is 35.2 Å². The van der Waals surface area contributed by atoms with E-state index in [4.69, 9.17) is 0 Å². The first-order valence-electron chi connectivity index (χ1n) is 8.15. The third-order valence-electron chi connectivity index (χ3n) is 5.70. The second kappa shape index (κ2) is 4.83. The molecule has 2 unspecified atom stereocenters. The lowest BCUT2D eigenvalue weighted by Crippen LogP contribution is -2.44. The molecule has 1 saturated carbocycles. The molecule has 2 heterocycles. The Balaban J connectivity index is 1.47. The van der Waals surface area contributed by atoms with Crippen LogP contribution in [0.3, 0.4) is 0 Å². The molecule has 1 aromatic carbocycles. The van der Waals surface area contributed by atoms with E-state index in [1.165, 1.54) is 24.0 Å². The second-order valence-electron chi connectivity index (χ2n) is 7.07. The van der Waals surface area contributed by atoms with Gasteiger partial charge in [0, 0.05) is 18.6 Å². The predicted molar refractivity (Wildman–Crippen MR) is 80.6 cm³/mol. The summed E-state index contributed by atoms with van der Waals surface area (Å²) in [6.07, 6.45) is 6.27. The van der Waals surface area contributed by atoms with Gasteiger partial charge in [-0.25, -0.2) is 0 Å². The van der Waals surface area contributed by atoms with Crippen LogP contribution in [-0.4, -0.2) is 28.2 Å². The third kappa shape index (κ3) is 2.27. The summed E-state index contributed by atoms with van der Waals surface area (Å²) in [5.74, 6) is 0. The van der Waals surface area contributed by atoms with Crippen molar-refractivity contribution in [2.75, 3.05) is 0 Å². The number of hydrogen-bond donors (Lipinski definition) is 1. The SMILES string of the molecule is N#CC1(c2ccc(CN3C4CCC3CC(O)C4)cc2)CC1. The number of rotatable bonds is 3. The van der Waals surface area contributed by atoms with Gasteiger partial charge in [0.2, 0.25) is 0 Å². The Morgan fingerprint density at radius 2 is 1.76 bits per heavy atom. The van der Waals surface area contributed by atoms with E-state index in [0.29, 0.717) is 12.1 Å². The summed E-state index contributed by atoms with van der Waals surface area (Å²) >= 11 is 0. The van der Waals surface area contributed by atoms with Gasteiger partial charge >= 0.3 is 0 Å². The molecule has 3 heteroatoms. The minimum absolute atomic E-state index is 0.0912. The van der Waals surface area contributed by atoms with Crippen LogP contribution in [0.25, 0.3) is 0 Å². The Hall–Kier alpha value is -1.37. The average molecular weight is 282 g/mol. The highest BCUT2D eigenvalue weighted by Gasteiger charge is 2.45. The lowest BCUT2D eigenvalue weighted by atomic mass is 9.95. The molecule has 1 aromatic rings. The number of benzene rings is 1. The van der Waals surface area contributed by atoms with Gasteiger partial charge in [0.05, 0.1) is 17.6 Å². The summed E-state index contributed by atoms with van der Waals surface area (Å²) in [6, 6.07) is 12.3. The van der Waals surface area contributed by atoms with Crippen LogP contribution in [0.2, 0.25) is 0 Å². The van der Waals surface area contributed by atoms with Crippen molar-refractivity contribution in [3.8, 4) is 6.07 Å². The first-order chi connectivity index (χ1) is 10.2. The number of hydrogen-bond acceptors (Lipinski definition) is 3. The molecular weight excluding hydrogens is 260 g/mol. The zero-order chi connectivity index (χ0) is 14.4. The molecule has 1 N–H and O–H groups in total. The van der Waals surface area contributed by atoms with Crippen LogP contribution in [0.5, 0.6) is 0 Å². The third-order valence-corrected chi connectivity index (χ3v) is 5.70. The molecule has 2 saturated heterocycles. The highest BCUT2D eigenvalue weighted by atomic mass is 16.3. The minimum Gasteiger partial charge on any atom is -0.393 e. The van der Waals surface area contributed by atoms with E-state index in [0.717, 1.165) is 32.2 Å². The molecule has 0 spiro atoms. The van der Waals surface area contributed by atoms with Gasteiger partial charge in [-0.1, -0.05) is 24.3 Å². The summed E-state index contributed by atoms with van der Waals surface area (Å²) in [7, 11) is 0. The first kappa shape index (κ1) is 13.3. The van der Waals surface area contributed by atoms with E-state index in [9.17, 15) is 10.4 Å². The summed E-state index contributed by atoms with van der Waals surface area (Å²) in [6.45, 7) is 0.988. The van der Waals surface area contributed by atoms with Crippen molar-refractivity contribution in [2.45, 2.75) is 68.7 Å². The maximum Gasteiger partial charge on any atom is 0.0823 e. The molecule has 4 rings (SSSR count). The molecule has 1 aliphatic carbocycles. The van der Waals surface area contributed by atoms with Gasteiger partial charge in [0.1, 0.15) is 0 Å². The molecule has 0 amide bonds. The number of piperidine rings is 1. The fraction of sp³-hybridized carbons (Fsp3) is 0.611. The highest BCUT2D eigenvalue weighted by Crippen LogP contribution is 2.47. The average Bonchev–Trinajstić information content (AvgIpc) is 3.25. The molecule has 2 aliphatic heterocycles. The minimum atomic E-state index is -0.174. The summed E-state index contributed by atoms with van der Waals surface area (Å²) < 4.78 is 0. The number of aliphatic hydroxyl groups excluding tert-OH is 1. The second-order valence-corrected chi connectivity index (χ2v) is 7.07. The van der Waals surface area contributed by atoms with Crippen LogP contribution in [-0.2, 0) is 12.0 Å². The number of fused-ring (bicyclic) bond motifs is 2. The normalized spacial score (nSPS) is 33.6. The summed E-state index contributed by atoms with van der Waals surface area (Å²) in [5.41, 5.74) is 2.35. The van der Waals surface area contributed by atoms with Gasteiger partial charge in [0.25, 0.3) is 0 Å². The summed E-state index contributed by atoms with van der Waals surface area (Å²) in [4.78, 5) is 2.58. The molecule has 3 fully saturated rings. The maximum absolute atomic E-state index is 9.88. The molecule has 0 aromatic heterocycles. The Labute approximate surface area is 126 Å². The van der Waals surface area contributed by atoms with Crippen molar-refractivity contribution >= 4 is 0 Å². The molecule has 2 bridgehead atoms. The fourth-order valence-electron chi connectivity index (χ4n) is 4.23. The molecule has 21 heavy (non-hydrogen) atoms. The molecule has 2 atom stereocenters. The largest absolute Gasteiger partial charge is 0.393 e. The van der Waals surface area contributed by atoms with Gasteiger partial charge < -0.3 is 5.11 Å². The Kier molecular flexibility index (Phi) is 3.06. The molecular formula is C18H22N2O. The van der Waals surface area contributed by atoms with Crippen LogP contribution in [0.1, 0.15) is 49.7 Å². The van der Waals surface area contributed by atoms with Crippen LogP contribution >= 0.6 is 0 Å². The van der Waals surface area contributed by atoms with Gasteiger partial charge in [-0.05, 0) is 49.7 Å². The highest BCUT2D eigenvalue weighted by molar-refractivity contribution is 5.40. The molecule has 3 nitrogen and oxygen atoms in total. The van der Waals surface area contributed by atoms with Crippen molar-refractivity contribution in [1.29, 1.82) is 5.26 Å². The first-order valence-corrected chi connectivity index (χ1v) is 8.15. The number of nitriles is 1. The van der Waals surface area contributed by atoms with E-state index in [1.807, 2.05) is 0 Å². The Bertz CT molecular complexity index is 556. The van der Waals surface area contributed by atoms with Crippen LogP contribution in [0.15, 0.2) is 24.3 Å². The van der Waals surface area contributed by atoms with E-state index < -0.39 is 0 Å². The topological polar surface area (TPSA) is 47.3 Å². The smallest absolute Gasteiger partial charge is 0.0823 e. The van der Waals surface area contributed by atoms with Crippen LogP contribution in [0.4, 0.5) is 0 Å². The van der Waals surface area contributed by atoms with Crippen molar-refractivity contribution < 1.29 is 5.11 Å². The summed E-state index contributed by atoms with van der Waals surface area (Å²) in [5, 5.41) is 19.1. The monoisotopic (exact) mass is 282 g/mol. The van der Waals surface area contributed by atoms with E-state index >= 15 is 0 Å². The number of nitrogens with zero attached hydrogens (tertiary/aromatic N) is 2. The quantitative estimate of drug-likeness (QED) is 0.927. The van der Waals surface area contributed by atoms with Crippen molar-refractivity contribution in [1.82, 2.24) is 4.90 Å². The van der Waals surface area contributed by atoms with Gasteiger partial charge in [-0.2, -0.15) is 5.26 Å². The lowest BCUT2D eigenvalue weighted by Gasteiger charge is -2.37. The fourth-order valence-corrected chi connectivity index (χ4v) is 4.23. The maximum atomic E-state index is 9.88. The molecule has 3 aliphatic rings. The zero-order valence-corrected chi connectivity index (χ0v) is 12.3. The van der Waals surface area contributed by atoms with Crippen molar-refractivity contribution in [3.05, 3.63) is 35.4 Å². The number of aliphatic hydroxyl groups is 1. The Morgan fingerprint density at radius 1 is 1.14 bits per heavy atom.